The van der Waals surface area contributed by atoms with Crippen molar-refractivity contribution >= 4 is 29.1 Å². The molecule has 1 saturated carbocycles. The number of carbonyl (C=O) groups excluding carboxylic acids is 2. The number of primary amides is 1. The van der Waals surface area contributed by atoms with Crippen LogP contribution in [-0.2, 0) is 17.9 Å². The van der Waals surface area contributed by atoms with Gasteiger partial charge in [0.15, 0.2) is 5.69 Å². The molecule has 3 aromatic rings. The summed E-state index contributed by atoms with van der Waals surface area (Å²) in [7, 11) is 0. The van der Waals surface area contributed by atoms with Gasteiger partial charge in [0.25, 0.3) is 5.91 Å². The molecule has 178 valence electrons. The van der Waals surface area contributed by atoms with Crippen molar-refractivity contribution < 1.29 is 14.3 Å². The molecule has 0 spiro atoms. The van der Waals surface area contributed by atoms with E-state index in [2.05, 4.69) is 9.94 Å². The molecular formula is C26H24ClN5O3. The number of nitrogens with zero attached hydrogens (tertiary/aromatic N) is 4. The monoisotopic (exact) mass is 489 g/mol. The topological polar surface area (TPSA) is 94.8 Å². The summed E-state index contributed by atoms with van der Waals surface area (Å²) < 4.78 is 7.72. The maximum atomic E-state index is 13.0. The van der Waals surface area contributed by atoms with E-state index in [9.17, 15) is 9.59 Å². The van der Waals surface area contributed by atoms with Gasteiger partial charge in [0.1, 0.15) is 11.4 Å². The number of ether oxygens (including phenoxy) is 1. The van der Waals surface area contributed by atoms with Gasteiger partial charge in [-0.15, -0.1) is 0 Å². The molecule has 2 amide bonds. The van der Waals surface area contributed by atoms with Crippen LogP contribution in [0.1, 0.15) is 35.3 Å². The molecule has 8 nitrogen and oxygen atoms in total. The lowest BCUT2D eigenvalue weighted by Gasteiger charge is -2.37. The molecule has 2 aromatic carbocycles. The van der Waals surface area contributed by atoms with Gasteiger partial charge in [-0.1, -0.05) is 35.9 Å². The fourth-order valence-electron chi connectivity index (χ4n) is 4.73. The van der Waals surface area contributed by atoms with Gasteiger partial charge in [-0.25, -0.2) is 4.85 Å². The summed E-state index contributed by atoms with van der Waals surface area (Å²) in [5.41, 5.74) is 8.52. The normalized spacial score (nSPS) is 18.8. The Labute approximate surface area is 208 Å². The highest BCUT2D eigenvalue weighted by atomic mass is 35.5. The standard InChI is InChI=1S/C26H24ClN5O3/c1-29-19-5-7-20(8-6-19)35-21-11-16(12-21)13-23(33)31-9-10-32-22(15-31)24(26(28)34)25(30-32)17-3-2-4-18(27)14-17/h2-8,14,16,21H,9-13,15H2,(H2,28,34). The van der Waals surface area contributed by atoms with Crippen LogP contribution in [0.15, 0.2) is 48.5 Å². The number of hydrogen-bond acceptors (Lipinski definition) is 4. The summed E-state index contributed by atoms with van der Waals surface area (Å²) in [5.74, 6) is 0.492. The number of nitrogens with two attached hydrogens (primary N) is 1. The van der Waals surface area contributed by atoms with Crippen LogP contribution in [0.2, 0.25) is 5.02 Å². The van der Waals surface area contributed by atoms with Gasteiger partial charge in [0.2, 0.25) is 5.91 Å². The van der Waals surface area contributed by atoms with Crippen molar-refractivity contribution in [3.05, 3.63) is 76.2 Å². The lowest BCUT2D eigenvalue weighted by atomic mass is 9.79. The van der Waals surface area contributed by atoms with Crippen molar-refractivity contribution in [2.75, 3.05) is 6.54 Å². The molecule has 0 radical (unpaired) electrons. The first-order valence-electron chi connectivity index (χ1n) is 11.5. The van der Waals surface area contributed by atoms with E-state index in [0.717, 1.165) is 24.2 Å². The number of rotatable bonds is 6. The van der Waals surface area contributed by atoms with Crippen LogP contribution in [0.5, 0.6) is 5.75 Å². The number of fused-ring (bicyclic) bond motifs is 1. The van der Waals surface area contributed by atoms with E-state index >= 15 is 0 Å². The second kappa shape index (κ2) is 9.43. The highest BCUT2D eigenvalue weighted by Crippen LogP contribution is 2.35. The van der Waals surface area contributed by atoms with Gasteiger partial charge in [-0.3, -0.25) is 14.3 Å². The van der Waals surface area contributed by atoms with Crippen LogP contribution in [0.25, 0.3) is 16.1 Å². The largest absolute Gasteiger partial charge is 0.491 e. The molecule has 0 atom stereocenters. The third kappa shape index (κ3) is 4.73. The summed E-state index contributed by atoms with van der Waals surface area (Å²) in [6.07, 6.45) is 2.15. The van der Waals surface area contributed by atoms with E-state index in [0.29, 0.717) is 53.7 Å². The number of aromatic nitrogens is 2. The first kappa shape index (κ1) is 22.9. The minimum Gasteiger partial charge on any atom is -0.491 e. The Kier molecular flexibility index (Phi) is 6.18. The van der Waals surface area contributed by atoms with Gasteiger partial charge in [0.05, 0.1) is 37.0 Å². The average Bonchev–Trinajstić information content (AvgIpc) is 3.22. The van der Waals surface area contributed by atoms with Gasteiger partial charge in [-0.05, 0) is 43.0 Å². The second-order valence-electron chi connectivity index (χ2n) is 8.97. The molecule has 0 saturated heterocycles. The molecule has 2 aliphatic rings. The lowest BCUT2D eigenvalue weighted by Crippen LogP contribution is -2.42. The van der Waals surface area contributed by atoms with Crippen LogP contribution in [0, 0.1) is 12.5 Å². The smallest absolute Gasteiger partial charge is 0.252 e. The third-order valence-electron chi connectivity index (χ3n) is 6.60. The van der Waals surface area contributed by atoms with Gasteiger partial charge < -0.3 is 15.4 Å². The molecule has 1 aliphatic heterocycles. The zero-order chi connectivity index (χ0) is 24.5. The van der Waals surface area contributed by atoms with E-state index in [4.69, 9.17) is 28.6 Å². The Morgan fingerprint density at radius 2 is 1.94 bits per heavy atom. The predicted molar refractivity (Wildman–Crippen MR) is 131 cm³/mol. The zero-order valence-corrected chi connectivity index (χ0v) is 19.7. The van der Waals surface area contributed by atoms with Crippen molar-refractivity contribution in [1.82, 2.24) is 14.7 Å². The Bertz CT molecular complexity index is 1320. The Morgan fingerprint density at radius 1 is 1.17 bits per heavy atom. The van der Waals surface area contributed by atoms with E-state index in [1.165, 1.54) is 0 Å². The third-order valence-corrected chi connectivity index (χ3v) is 6.84. The Hall–Kier alpha value is -3.83. The summed E-state index contributed by atoms with van der Waals surface area (Å²) >= 11 is 6.13. The molecule has 1 fully saturated rings. The number of amides is 2. The molecule has 1 aliphatic carbocycles. The Morgan fingerprint density at radius 3 is 2.63 bits per heavy atom. The van der Waals surface area contributed by atoms with E-state index < -0.39 is 5.91 Å². The van der Waals surface area contributed by atoms with Gasteiger partial charge >= 0.3 is 0 Å². The van der Waals surface area contributed by atoms with E-state index in [-0.39, 0.29) is 17.9 Å². The molecule has 9 heteroatoms. The van der Waals surface area contributed by atoms with Crippen molar-refractivity contribution in [3.8, 4) is 17.0 Å². The van der Waals surface area contributed by atoms with Crippen molar-refractivity contribution in [2.24, 2.45) is 11.7 Å². The van der Waals surface area contributed by atoms with Gasteiger partial charge in [0, 0.05) is 23.6 Å². The molecule has 2 N–H and O–H groups in total. The van der Waals surface area contributed by atoms with Crippen molar-refractivity contribution in [2.45, 2.75) is 38.5 Å². The minimum atomic E-state index is -0.570. The number of hydrogen-bond donors (Lipinski definition) is 1. The minimum absolute atomic E-state index is 0.0574. The average molecular weight is 490 g/mol. The van der Waals surface area contributed by atoms with Crippen molar-refractivity contribution in [1.29, 1.82) is 0 Å². The van der Waals surface area contributed by atoms with Gasteiger partial charge in [-0.2, -0.15) is 5.10 Å². The number of carbonyl (C=O) groups is 2. The molecule has 0 bridgehead atoms. The fourth-order valence-corrected chi connectivity index (χ4v) is 4.92. The lowest BCUT2D eigenvalue weighted by molar-refractivity contribution is -0.135. The number of halogens is 1. The second-order valence-corrected chi connectivity index (χ2v) is 9.41. The molecule has 0 unspecified atom stereocenters. The first-order chi connectivity index (χ1) is 16.9. The maximum Gasteiger partial charge on any atom is 0.252 e. The molecule has 35 heavy (non-hydrogen) atoms. The fraction of sp³-hybridized carbons (Fsp3) is 0.308. The highest BCUT2D eigenvalue weighted by molar-refractivity contribution is 6.30. The molecule has 1 aromatic heterocycles. The summed E-state index contributed by atoms with van der Waals surface area (Å²) in [6.45, 7) is 8.34. The van der Waals surface area contributed by atoms with Crippen LogP contribution in [0.3, 0.4) is 0 Å². The zero-order valence-electron chi connectivity index (χ0n) is 19.0. The van der Waals surface area contributed by atoms with Crippen LogP contribution in [-0.4, -0.2) is 39.1 Å². The molecule has 5 rings (SSSR count). The first-order valence-corrected chi connectivity index (χ1v) is 11.9. The SMILES string of the molecule is [C-]#[N+]c1ccc(OC2CC(CC(=O)N3CCn4nc(-c5cccc(Cl)c5)c(C(N)=O)c4C3)C2)cc1. The highest BCUT2D eigenvalue weighted by Gasteiger charge is 2.35. The Balaban J connectivity index is 1.21. The van der Waals surface area contributed by atoms with Crippen molar-refractivity contribution in [3.63, 3.8) is 0 Å². The molecule has 2 heterocycles. The summed E-state index contributed by atoms with van der Waals surface area (Å²) in [6, 6.07) is 14.2. The van der Waals surface area contributed by atoms with E-state index in [1.807, 2.05) is 6.07 Å². The predicted octanol–water partition coefficient (Wildman–Crippen LogP) is 4.44. The van der Waals surface area contributed by atoms with E-state index in [1.54, 1.807) is 52.0 Å². The molecular weight excluding hydrogens is 466 g/mol. The summed E-state index contributed by atoms with van der Waals surface area (Å²) in [5, 5.41) is 5.16. The van der Waals surface area contributed by atoms with Crippen LogP contribution >= 0.6 is 11.6 Å². The number of benzene rings is 2. The quantitative estimate of drug-likeness (QED) is 0.518. The van der Waals surface area contributed by atoms with Crippen LogP contribution in [0.4, 0.5) is 5.69 Å². The maximum absolute atomic E-state index is 13.0. The van der Waals surface area contributed by atoms with Crippen LogP contribution < -0.4 is 10.5 Å². The summed E-state index contributed by atoms with van der Waals surface area (Å²) in [4.78, 5) is 30.6.